The number of anilines is 1. The molecule has 2 aromatic rings. The number of hydrogen-bond acceptors (Lipinski definition) is 4. The molecular weight excluding hydrogens is 307 g/mol. The molecule has 22 heavy (non-hydrogen) atoms. The van der Waals surface area contributed by atoms with Crippen LogP contribution in [0.5, 0.6) is 0 Å². The third kappa shape index (κ3) is 3.22. The van der Waals surface area contributed by atoms with Crippen molar-refractivity contribution in [3.8, 4) is 0 Å². The van der Waals surface area contributed by atoms with Gasteiger partial charge in [-0.1, -0.05) is 17.8 Å². The highest BCUT2D eigenvalue weighted by Crippen LogP contribution is 2.36. The minimum atomic E-state index is -0.462. The zero-order chi connectivity index (χ0) is 15.7. The second-order valence-electron chi connectivity index (χ2n) is 5.17. The molecule has 1 aliphatic rings. The Hall–Kier alpha value is -2.09. The van der Waals surface area contributed by atoms with Gasteiger partial charge in [-0.15, -0.1) is 5.10 Å². The first kappa shape index (κ1) is 14.8. The monoisotopic (exact) mass is 322 g/mol. The second kappa shape index (κ2) is 5.96. The predicted octanol–water partition coefficient (Wildman–Crippen LogP) is 2.16. The number of carbonyl (C=O) groups is 1. The van der Waals surface area contributed by atoms with Crippen molar-refractivity contribution in [3.05, 3.63) is 40.6 Å². The van der Waals surface area contributed by atoms with Crippen LogP contribution >= 0.6 is 11.8 Å². The zero-order valence-corrected chi connectivity index (χ0v) is 12.7. The number of amides is 1. The lowest BCUT2D eigenvalue weighted by atomic mass is 10.3. The molecule has 6 nitrogen and oxygen atoms in total. The number of carbonyl (C=O) groups excluding carboxylic acids is 1. The highest BCUT2D eigenvalue weighted by Gasteiger charge is 2.30. The molecule has 8 heteroatoms. The molecule has 1 aromatic heterocycles. The first-order valence-corrected chi connectivity index (χ1v) is 7.82. The number of thioether (sulfide) groups is 1. The number of nitrogens with one attached hydrogen (secondary N) is 2. The van der Waals surface area contributed by atoms with E-state index in [1.165, 1.54) is 30.0 Å². The SMILES string of the molecule is C[C@H](Sc1n[nH]c(=O)n1C1CC1)C(=O)Nc1cccc(F)c1. The van der Waals surface area contributed by atoms with E-state index in [0.717, 1.165) is 12.8 Å². The fourth-order valence-corrected chi connectivity index (χ4v) is 2.98. The summed E-state index contributed by atoms with van der Waals surface area (Å²) in [5.74, 6) is -0.679. The molecule has 1 aliphatic carbocycles. The molecule has 0 unspecified atom stereocenters. The van der Waals surface area contributed by atoms with Crippen molar-refractivity contribution in [3.63, 3.8) is 0 Å². The summed E-state index contributed by atoms with van der Waals surface area (Å²) in [6.07, 6.45) is 1.91. The van der Waals surface area contributed by atoms with E-state index >= 15 is 0 Å². The fourth-order valence-electron chi connectivity index (χ4n) is 2.05. The van der Waals surface area contributed by atoms with Crippen LogP contribution in [0.4, 0.5) is 10.1 Å². The summed E-state index contributed by atoms with van der Waals surface area (Å²) >= 11 is 1.21. The van der Waals surface area contributed by atoms with Gasteiger partial charge in [-0.3, -0.25) is 9.36 Å². The molecule has 1 amide bonds. The molecule has 1 atom stereocenters. The molecule has 1 saturated carbocycles. The maximum atomic E-state index is 13.1. The largest absolute Gasteiger partial charge is 0.344 e. The van der Waals surface area contributed by atoms with Gasteiger partial charge in [0.15, 0.2) is 5.16 Å². The van der Waals surface area contributed by atoms with Crippen molar-refractivity contribution in [2.75, 3.05) is 5.32 Å². The zero-order valence-electron chi connectivity index (χ0n) is 11.9. The minimum absolute atomic E-state index is 0.187. The van der Waals surface area contributed by atoms with Crippen molar-refractivity contribution >= 4 is 23.4 Å². The van der Waals surface area contributed by atoms with E-state index in [1.807, 2.05) is 0 Å². The van der Waals surface area contributed by atoms with Gasteiger partial charge < -0.3 is 5.32 Å². The van der Waals surface area contributed by atoms with Gasteiger partial charge in [0.25, 0.3) is 0 Å². The Labute approximate surface area is 130 Å². The van der Waals surface area contributed by atoms with Gasteiger partial charge in [-0.25, -0.2) is 14.3 Å². The lowest BCUT2D eigenvalue weighted by molar-refractivity contribution is -0.115. The Morgan fingerprint density at radius 3 is 3.00 bits per heavy atom. The van der Waals surface area contributed by atoms with Gasteiger partial charge in [-0.05, 0) is 38.0 Å². The fraction of sp³-hybridized carbons (Fsp3) is 0.357. The van der Waals surface area contributed by atoms with E-state index in [0.29, 0.717) is 10.8 Å². The molecule has 3 rings (SSSR count). The lowest BCUT2D eigenvalue weighted by Crippen LogP contribution is -2.23. The molecule has 1 heterocycles. The van der Waals surface area contributed by atoms with Crippen LogP contribution in [0.3, 0.4) is 0 Å². The first-order valence-electron chi connectivity index (χ1n) is 6.94. The molecule has 1 aromatic carbocycles. The molecular formula is C14H15FN4O2S. The van der Waals surface area contributed by atoms with E-state index < -0.39 is 11.1 Å². The molecule has 0 bridgehead atoms. The third-order valence-corrected chi connectivity index (χ3v) is 4.39. The number of benzene rings is 1. The number of aromatic amines is 1. The number of halogens is 1. The molecule has 2 N–H and O–H groups in total. The average molecular weight is 322 g/mol. The van der Waals surface area contributed by atoms with Crippen LogP contribution in [0.15, 0.2) is 34.2 Å². The van der Waals surface area contributed by atoms with Gasteiger partial charge in [0.2, 0.25) is 5.91 Å². The highest BCUT2D eigenvalue weighted by molar-refractivity contribution is 8.00. The van der Waals surface area contributed by atoms with Gasteiger partial charge in [0.1, 0.15) is 5.82 Å². The van der Waals surface area contributed by atoms with Crippen LogP contribution in [0.1, 0.15) is 25.8 Å². The van der Waals surface area contributed by atoms with E-state index in [9.17, 15) is 14.0 Å². The van der Waals surface area contributed by atoms with Crippen LogP contribution in [-0.2, 0) is 4.79 Å². The molecule has 0 saturated heterocycles. The Morgan fingerprint density at radius 1 is 1.55 bits per heavy atom. The molecule has 116 valence electrons. The smallest absolute Gasteiger partial charge is 0.325 e. The topological polar surface area (TPSA) is 79.8 Å². The van der Waals surface area contributed by atoms with Crippen LogP contribution in [0.25, 0.3) is 0 Å². The molecule has 0 spiro atoms. The molecule has 0 aliphatic heterocycles. The Kier molecular flexibility index (Phi) is 4.02. The first-order chi connectivity index (χ1) is 10.5. The third-order valence-electron chi connectivity index (χ3n) is 3.33. The number of rotatable bonds is 5. The van der Waals surface area contributed by atoms with Gasteiger partial charge >= 0.3 is 5.69 Å². The summed E-state index contributed by atoms with van der Waals surface area (Å²) in [4.78, 5) is 23.8. The van der Waals surface area contributed by atoms with Crippen molar-refractivity contribution in [2.24, 2.45) is 0 Å². The number of hydrogen-bond donors (Lipinski definition) is 2. The maximum Gasteiger partial charge on any atom is 0.344 e. The van der Waals surface area contributed by atoms with Crippen LogP contribution in [-0.4, -0.2) is 25.9 Å². The number of nitrogens with zero attached hydrogens (tertiary/aromatic N) is 2. The Bertz CT molecular complexity index is 753. The van der Waals surface area contributed by atoms with Crippen LogP contribution in [0, 0.1) is 5.82 Å². The van der Waals surface area contributed by atoms with Gasteiger partial charge in [0, 0.05) is 11.7 Å². The summed E-state index contributed by atoms with van der Waals surface area (Å²) in [6, 6.07) is 5.90. The molecule has 1 fully saturated rings. The summed E-state index contributed by atoms with van der Waals surface area (Å²) in [5, 5.41) is 9.08. The van der Waals surface area contributed by atoms with Crippen molar-refractivity contribution in [1.82, 2.24) is 14.8 Å². The van der Waals surface area contributed by atoms with Gasteiger partial charge in [0.05, 0.1) is 5.25 Å². The van der Waals surface area contributed by atoms with Crippen LogP contribution < -0.4 is 11.0 Å². The summed E-state index contributed by atoms with van der Waals surface area (Å²) < 4.78 is 14.7. The number of H-pyrrole nitrogens is 1. The standard InChI is InChI=1S/C14H15FN4O2S/c1-8(12(20)16-10-4-2-3-9(15)7-10)22-14-18-17-13(21)19(14)11-5-6-11/h2-4,7-8,11H,5-6H2,1H3,(H,16,20)(H,17,21)/t8-/m0/s1. The second-order valence-corrected chi connectivity index (χ2v) is 6.48. The predicted molar refractivity (Wildman–Crippen MR) is 81.5 cm³/mol. The van der Waals surface area contributed by atoms with Crippen molar-refractivity contribution in [2.45, 2.75) is 36.2 Å². The Balaban J connectivity index is 1.68. The lowest BCUT2D eigenvalue weighted by Gasteiger charge is -2.12. The average Bonchev–Trinajstić information content (AvgIpc) is 3.24. The van der Waals surface area contributed by atoms with Crippen LogP contribution in [0.2, 0.25) is 0 Å². The highest BCUT2D eigenvalue weighted by atomic mass is 32.2. The molecule has 0 radical (unpaired) electrons. The summed E-state index contributed by atoms with van der Waals surface area (Å²) in [7, 11) is 0. The summed E-state index contributed by atoms with van der Waals surface area (Å²) in [5.41, 5.74) is 0.154. The van der Waals surface area contributed by atoms with E-state index in [-0.39, 0.29) is 17.6 Å². The van der Waals surface area contributed by atoms with E-state index in [4.69, 9.17) is 0 Å². The quantitative estimate of drug-likeness (QED) is 0.827. The summed E-state index contributed by atoms with van der Waals surface area (Å²) in [6.45, 7) is 1.72. The van der Waals surface area contributed by atoms with E-state index in [2.05, 4.69) is 15.5 Å². The number of aromatic nitrogens is 3. The van der Waals surface area contributed by atoms with Gasteiger partial charge in [-0.2, -0.15) is 0 Å². The Morgan fingerprint density at radius 2 is 2.32 bits per heavy atom. The van der Waals surface area contributed by atoms with Crippen molar-refractivity contribution in [1.29, 1.82) is 0 Å². The minimum Gasteiger partial charge on any atom is -0.325 e. The van der Waals surface area contributed by atoms with E-state index in [1.54, 1.807) is 17.6 Å². The van der Waals surface area contributed by atoms with Crippen molar-refractivity contribution < 1.29 is 9.18 Å². The maximum absolute atomic E-state index is 13.1. The normalized spacial score (nSPS) is 15.5.